The smallest absolute Gasteiger partial charge is 0.315 e. The number of carbonyl (C=O) groups is 4. The van der Waals surface area contributed by atoms with E-state index in [1.807, 2.05) is 87.9 Å². The third-order valence-corrected chi connectivity index (χ3v) is 19.9. The predicted molar refractivity (Wildman–Crippen MR) is 267 cm³/mol. The minimum Gasteiger partial charge on any atom is -0.468 e. The molecule has 5 bridgehead atoms. The molecule has 8 aliphatic carbocycles. The van der Waals surface area contributed by atoms with Crippen molar-refractivity contribution >= 4 is 35.0 Å². The number of rotatable bonds is 15. The summed E-state index contributed by atoms with van der Waals surface area (Å²) in [5, 5.41) is 6.61. The Hall–Kier alpha value is -6.44. The molecule has 0 radical (unpaired) electrons. The molecule has 14 nitrogen and oxygen atoms in total. The lowest BCUT2D eigenvalue weighted by Crippen LogP contribution is -2.59. The number of amides is 2. The fraction of sp³-hybridized carbons (Fsp3) is 0.517. The van der Waals surface area contributed by atoms with Crippen LogP contribution in [0.2, 0.25) is 0 Å². The topological polar surface area (TPSA) is 171 Å². The highest BCUT2D eigenvalue weighted by atomic mass is 16.5. The van der Waals surface area contributed by atoms with Crippen LogP contribution in [0.1, 0.15) is 133 Å². The summed E-state index contributed by atoms with van der Waals surface area (Å²) in [4.78, 5) is 70.0. The van der Waals surface area contributed by atoms with Gasteiger partial charge in [-0.3, -0.25) is 37.9 Å². The molecule has 372 valence electrons. The van der Waals surface area contributed by atoms with E-state index in [2.05, 4.69) is 20.6 Å². The highest BCUT2D eigenvalue weighted by Gasteiger charge is 2.77. The number of hydrogen-bond donors (Lipinski definition) is 2. The fourth-order valence-electron chi connectivity index (χ4n) is 17.2. The van der Waals surface area contributed by atoms with Crippen molar-refractivity contribution in [3.63, 3.8) is 0 Å². The van der Waals surface area contributed by atoms with E-state index in [0.717, 1.165) is 65.5 Å². The molecule has 6 aromatic rings. The second-order valence-corrected chi connectivity index (χ2v) is 23.5. The molecule has 0 aromatic carbocycles. The summed E-state index contributed by atoms with van der Waals surface area (Å²) < 4.78 is 14.1. The predicted octanol–water partition coefficient (Wildman–Crippen LogP) is 8.35. The number of methoxy groups -OCH3 is 1. The number of fused-ring (bicyclic) bond motifs is 5. The number of aromatic nitrogens is 6. The quantitative estimate of drug-likeness (QED) is 0.0954. The molecule has 8 aliphatic rings. The van der Waals surface area contributed by atoms with E-state index in [-0.39, 0.29) is 23.8 Å². The minimum atomic E-state index is -0.554. The maximum absolute atomic E-state index is 13.4. The van der Waals surface area contributed by atoms with Gasteiger partial charge in [0.05, 0.1) is 36.7 Å². The van der Waals surface area contributed by atoms with Crippen LogP contribution in [0, 0.1) is 57.2 Å². The third-order valence-electron chi connectivity index (χ3n) is 19.9. The zero-order valence-electron chi connectivity index (χ0n) is 41.3. The Kier molecular flexibility index (Phi) is 10.8. The van der Waals surface area contributed by atoms with Gasteiger partial charge in [0.15, 0.2) is 0 Å². The van der Waals surface area contributed by atoms with Crippen molar-refractivity contribution < 1.29 is 28.7 Å². The van der Waals surface area contributed by atoms with Crippen LogP contribution >= 0.6 is 0 Å². The van der Waals surface area contributed by atoms with Gasteiger partial charge in [-0.2, -0.15) is 0 Å². The van der Waals surface area contributed by atoms with E-state index in [9.17, 15) is 19.2 Å². The summed E-state index contributed by atoms with van der Waals surface area (Å²) in [6.45, 7) is 3.67. The maximum Gasteiger partial charge on any atom is 0.315 e. The highest BCUT2D eigenvalue weighted by Crippen LogP contribution is 2.84. The van der Waals surface area contributed by atoms with Crippen LogP contribution in [0.15, 0.2) is 97.7 Å². The van der Waals surface area contributed by atoms with Gasteiger partial charge in [0.1, 0.15) is 28.6 Å². The lowest BCUT2D eigenvalue weighted by atomic mass is 9.38. The number of carbonyl (C=O) groups excluding carboxylic acids is 4. The molecule has 14 rings (SSSR count). The van der Waals surface area contributed by atoms with E-state index in [1.54, 1.807) is 25.5 Å². The lowest BCUT2D eigenvalue weighted by molar-refractivity contribution is -0.177. The van der Waals surface area contributed by atoms with Crippen LogP contribution < -0.4 is 10.6 Å². The molecule has 9 unspecified atom stereocenters. The number of imidazole rings is 2. The molecule has 2 N–H and O–H groups in total. The lowest BCUT2D eigenvalue weighted by Gasteiger charge is -2.66. The summed E-state index contributed by atoms with van der Waals surface area (Å²) in [5.41, 5.74) is 7.32. The van der Waals surface area contributed by atoms with E-state index in [0.29, 0.717) is 69.5 Å². The molecule has 0 aliphatic heterocycles. The number of hydrogen-bond acceptors (Lipinski definition) is 10. The first-order chi connectivity index (χ1) is 35.0. The normalized spacial score (nSPS) is 32.0. The standard InChI is InChI=1S/C30H34N4O3.C28H30N4O3/c1-2-37-28(36)24(20-5-4-8-31-15-20)11-23-16-34-25(6-3-7-26(34)33-23)27(35)32-18-29-12-19-9-21-10-22(14-29)30(21,13-19)17-29;1-35-26(34)21(22-5-2-3-8-29-22)11-20-14-32-23(6-4-7-24(32)31-20)25(33)30-16-27-12-18-9-17-10-19(13-27)28(17,18)15-27/h3-8,15-16,19,21-22,24H,2,9-14,17-18H2,1H3,(H,32,35);2-8,14,17-19,21H,9-13,15-16H2,1H3,(H,30,33). The van der Waals surface area contributed by atoms with Crippen LogP contribution in [0.4, 0.5) is 0 Å². The summed E-state index contributed by atoms with van der Waals surface area (Å²) in [7, 11) is 1.38. The van der Waals surface area contributed by atoms with E-state index in [1.165, 1.54) is 77.7 Å². The average molecular weight is 969 g/mol. The van der Waals surface area contributed by atoms with Gasteiger partial charge in [-0.05, 0) is 183 Å². The molecule has 9 atom stereocenters. The van der Waals surface area contributed by atoms with Crippen LogP contribution in [0.5, 0.6) is 0 Å². The van der Waals surface area contributed by atoms with Gasteiger partial charge in [-0.25, -0.2) is 9.97 Å². The first-order valence-electron chi connectivity index (χ1n) is 26.6. The Labute approximate surface area is 419 Å². The van der Waals surface area contributed by atoms with Crippen molar-refractivity contribution in [2.45, 2.75) is 102 Å². The molecular weight excluding hydrogens is 905 g/mol. The number of ether oxygens (including phenoxy) is 2. The Balaban J connectivity index is 0.000000140. The van der Waals surface area contributed by atoms with Gasteiger partial charge in [-0.1, -0.05) is 24.3 Å². The van der Waals surface area contributed by atoms with Gasteiger partial charge in [0, 0.05) is 56.9 Å². The summed E-state index contributed by atoms with van der Waals surface area (Å²) in [6.07, 6.45) is 24.5. The van der Waals surface area contributed by atoms with E-state index in [4.69, 9.17) is 19.4 Å². The average Bonchev–Trinajstić information content (AvgIpc) is 4.21. The monoisotopic (exact) mass is 968 g/mol. The molecule has 0 saturated heterocycles. The Morgan fingerprint density at radius 3 is 1.92 bits per heavy atom. The van der Waals surface area contributed by atoms with Gasteiger partial charge in [0.25, 0.3) is 11.8 Å². The molecule has 8 fully saturated rings. The second kappa shape index (κ2) is 17.1. The zero-order valence-corrected chi connectivity index (χ0v) is 41.3. The van der Waals surface area contributed by atoms with Gasteiger partial charge < -0.3 is 20.1 Å². The molecule has 6 heterocycles. The number of esters is 2. The zero-order chi connectivity index (χ0) is 49.0. The Morgan fingerprint density at radius 2 is 1.32 bits per heavy atom. The van der Waals surface area contributed by atoms with Crippen molar-refractivity contribution in [2.75, 3.05) is 26.8 Å². The Morgan fingerprint density at radius 1 is 0.667 bits per heavy atom. The molecule has 14 heteroatoms. The first kappa shape index (κ1) is 45.4. The fourth-order valence-corrected chi connectivity index (χ4v) is 17.2. The summed E-state index contributed by atoms with van der Waals surface area (Å²) in [6, 6.07) is 20.4. The summed E-state index contributed by atoms with van der Waals surface area (Å²) >= 11 is 0. The van der Waals surface area contributed by atoms with Crippen molar-refractivity contribution in [1.82, 2.24) is 39.4 Å². The minimum absolute atomic E-state index is 0.0515. The first-order valence-corrected chi connectivity index (χ1v) is 26.6. The van der Waals surface area contributed by atoms with Crippen molar-refractivity contribution in [1.29, 1.82) is 0 Å². The number of nitrogens with zero attached hydrogens (tertiary/aromatic N) is 6. The SMILES string of the molecule is CCOC(=O)C(Cc1cn2c(C(=O)NCC34CC5CC6CC(C3)C6(C5)C4)cccc2n1)c1cccnc1.COC(=O)C(Cc1cn2c(C(=O)NCC34CC5CC6CC(C3)C65C4)cccc2n1)c1ccccn1. The van der Waals surface area contributed by atoms with Crippen LogP contribution in [-0.2, 0) is 31.9 Å². The van der Waals surface area contributed by atoms with Crippen molar-refractivity contribution in [2.24, 2.45) is 57.2 Å². The van der Waals surface area contributed by atoms with Gasteiger partial charge in [0.2, 0.25) is 0 Å². The van der Waals surface area contributed by atoms with Crippen LogP contribution in [0.25, 0.3) is 11.3 Å². The maximum atomic E-state index is 13.4. The van der Waals surface area contributed by atoms with E-state index >= 15 is 0 Å². The highest BCUT2D eigenvalue weighted by molar-refractivity contribution is 5.94. The molecule has 72 heavy (non-hydrogen) atoms. The van der Waals surface area contributed by atoms with E-state index < -0.39 is 11.8 Å². The van der Waals surface area contributed by atoms with Crippen molar-refractivity contribution in [3.8, 4) is 0 Å². The van der Waals surface area contributed by atoms with Gasteiger partial charge in [-0.15, -0.1) is 0 Å². The molecule has 2 spiro atoms. The third kappa shape index (κ3) is 7.22. The number of nitrogens with one attached hydrogen (secondary N) is 2. The summed E-state index contributed by atoms with van der Waals surface area (Å²) in [5.74, 6) is 3.73. The van der Waals surface area contributed by atoms with Crippen LogP contribution in [0.3, 0.4) is 0 Å². The molecular formula is C58H64N8O6. The second-order valence-electron chi connectivity index (χ2n) is 23.5. The number of pyridine rings is 4. The Bertz CT molecular complexity index is 3100. The molecule has 2 amide bonds. The molecule has 8 saturated carbocycles. The molecule has 6 aromatic heterocycles. The van der Waals surface area contributed by atoms with Crippen LogP contribution in [-0.4, -0.2) is 79.3 Å². The van der Waals surface area contributed by atoms with Crippen molar-refractivity contribution in [3.05, 3.63) is 132 Å². The van der Waals surface area contributed by atoms with Gasteiger partial charge >= 0.3 is 11.9 Å². The largest absolute Gasteiger partial charge is 0.468 e.